The van der Waals surface area contributed by atoms with E-state index in [2.05, 4.69) is 14.7 Å². The van der Waals surface area contributed by atoms with Crippen LogP contribution in [0, 0.1) is 0 Å². The molecule has 0 unspecified atom stereocenters. The molecule has 1 aromatic heterocycles. The molecule has 0 radical (unpaired) electrons. The second-order valence-electron chi connectivity index (χ2n) is 4.57. The van der Waals surface area contributed by atoms with Crippen LogP contribution in [-0.2, 0) is 14.9 Å². The molecule has 0 aliphatic carbocycles. The number of methoxy groups -OCH3 is 1. The smallest absolute Gasteiger partial charge is 0.316 e. The van der Waals surface area contributed by atoms with E-state index in [0.29, 0.717) is 16.7 Å². The van der Waals surface area contributed by atoms with Gasteiger partial charge in [0.25, 0.3) is 0 Å². The Bertz CT molecular complexity index is 416. The number of aromatic nitrogens is 2. The Morgan fingerprint density at radius 3 is 2.65 bits per heavy atom. The van der Waals surface area contributed by atoms with Gasteiger partial charge in [-0.15, -0.1) is 0 Å². The Labute approximate surface area is 105 Å². The summed E-state index contributed by atoms with van der Waals surface area (Å²) >= 11 is 1.29. The molecule has 0 aliphatic heterocycles. The van der Waals surface area contributed by atoms with Gasteiger partial charge in [0.2, 0.25) is 0 Å². The molecular formula is C11H17N3O2S. The number of carbonyl (C=O) groups is 1. The number of hydrogen-bond donors (Lipinski definition) is 1. The maximum atomic E-state index is 11.0. The lowest BCUT2D eigenvalue weighted by Gasteiger charge is -2.17. The van der Waals surface area contributed by atoms with E-state index < -0.39 is 0 Å². The minimum atomic E-state index is -0.288. The van der Waals surface area contributed by atoms with Crippen LogP contribution in [0.25, 0.3) is 0 Å². The first-order valence-electron chi connectivity index (χ1n) is 5.17. The van der Waals surface area contributed by atoms with Crippen LogP contribution in [-0.4, -0.2) is 28.8 Å². The summed E-state index contributed by atoms with van der Waals surface area (Å²) in [6.45, 7) is 6.03. The van der Waals surface area contributed by atoms with Crippen molar-refractivity contribution in [3.63, 3.8) is 0 Å². The van der Waals surface area contributed by atoms with Gasteiger partial charge in [0.05, 0.1) is 12.9 Å². The topological polar surface area (TPSA) is 78.1 Å². The highest BCUT2D eigenvalue weighted by atomic mass is 32.2. The molecule has 2 N–H and O–H groups in total. The van der Waals surface area contributed by atoms with Gasteiger partial charge in [0.1, 0.15) is 16.7 Å². The van der Waals surface area contributed by atoms with Crippen molar-refractivity contribution in [2.75, 3.05) is 18.6 Å². The third-order valence-corrected chi connectivity index (χ3v) is 2.84. The normalized spacial score (nSPS) is 11.3. The quantitative estimate of drug-likeness (QED) is 0.502. The number of thioether (sulfide) groups is 1. The molecule has 0 atom stereocenters. The predicted octanol–water partition coefficient (Wildman–Crippen LogP) is 1.62. The molecule has 0 aromatic carbocycles. The predicted molar refractivity (Wildman–Crippen MR) is 67.9 cm³/mol. The zero-order valence-electron chi connectivity index (χ0n) is 10.5. The van der Waals surface area contributed by atoms with Crippen molar-refractivity contribution >= 4 is 23.5 Å². The second kappa shape index (κ2) is 5.35. The fourth-order valence-electron chi connectivity index (χ4n) is 1.04. The van der Waals surface area contributed by atoms with E-state index >= 15 is 0 Å². The molecule has 5 nitrogen and oxygen atoms in total. The highest BCUT2D eigenvalue weighted by Gasteiger charge is 2.19. The van der Waals surface area contributed by atoms with Gasteiger partial charge >= 0.3 is 5.97 Å². The number of ether oxygens (including phenoxy) is 1. The number of nitrogens with zero attached hydrogens (tertiary/aromatic N) is 2. The van der Waals surface area contributed by atoms with Crippen molar-refractivity contribution in [3.05, 3.63) is 11.9 Å². The molecule has 1 rings (SSSR count). The average molecular weight is 255 g/mol. The highest BCUT2D eigenvalue weighted by Crippen LogP contribution is 2.23. The number of esters is 1. The number of anilines is 1. The van der Waals surface area contributed by atoms with E-state index in [4.69, 9.17) is 5.73 Å². The molecule has 94 valence electrons. The molecule has 0 spiro atoms. The first-order valence-corrected chi connectivity index (χ1v) is 6.16. The summed E-state index contributed by atoms with van der Waals surface area (Å²) in [5.74, 6) is 1.02. The zero-order chi connectivity index (χ0) is 13.1. The van der Waals surface area contributed by atoms with E-state index in [1.54, 1.807) is 6.07 Å². The molecule has 1 aromatic rings. The average Bonchev–Trinajstić information content (AvgIpc) is 2.24. The summed E-state index contributed by atoms with van der Waals surface area (Å²) < 4.78 is 4.57. The summed E-state index contributed by atoms with van der Waals surface area (Å²) in [6, 6.07) is 1.66. The first kappa shape index (κ1) is 13.8. The maximum absolute atomic E-state index is 11.0. The van der Waals surface area contributed by atoms with Crippen LogP contribution in [0.4, 0.5) is 5.82 Å². The third kappa shape index (κ3) is 4.22. The van der Waals surface area contributed by atoms with Crippen molar-refractivity contribution in [1.82, 2.24) is 9.97 Å². The monoisotopic (exact) mass is 255 g/mol. The number of rotatable bonds is 3. The van der Waals surface area contributed by atoms with Gasteiger partial charge in [-0.3, -0.25) is 4.79 Å². The molecule has 6 heteroatoms. The lowest BCUT2D eigenvalue weighted by molar-refractivity contribution is -0.137. The molecule has 1 heterocycles. The molecule has 0 saturated heterocycles. The lowest BCUT2D eigenvalue weighted by Crippen LogP contribution is -2.17. The Hall–Kier alpha value is -1.30. The van der Waals surface area contributed by atoms with Crippen LogP contribution in [0.5, 0.6) is 0 Å². The molecule has 0 aliphatic rings. The number of carbonyl (C=O) groups excluding carboxylic acids is 1. The van der Waals surface area contributed by atoms with E-state index in [1.165, 1.54) is 18.9 Å². The van der Waals surface area contributed by atoms with E-state index in [0.717, 1.165) is 0 Å². The van der Waals surface area contributed by atoms with Crippen molar-refractivity contribution in [2.45, 2.75) is 31.2 Å². The van der Waals surface area contributed by atoms with Gasteiger partial charge in [-0.25, -0.2) is 9.97 Å². The Morgan fingerprint density at radius 1 is 1.47 bits per heavy atom. The summed E-state index contributed by atoms with van der Waals surface area (Å²) in [5, 5.41) is 0.688. The van der Waals surface area contributed by atoms with Gasteiger partial charge < -0.3 is 10.5 Å². The van der Waals surface area contributed by atoms with Gasteiger partial charge in [0.15, 0.2) is 0 Å². The first-order chi connectivity index (χ1) is 7.82. The largest absolute Gasteiger partial charge is 0.468 e. The minimum absolute atomic E-state index is 0.171. The van der Waals surface area contributed by atoms with Gasteiger partial charge in [0, 0.05) is 11.5 Å². The van der Waals surface area contributed by atoms with Gasteiger partial charge in [-0.1, -0.05) is 32.5 Å². The fraction of sp³-hybridized carbons (Fsp3) is 0.545. The van der Waals surface area contributed by atoms with Crippen molar-refractivity contribution < 1.29 is 9.53 Å². The summed E-state index contributed by atoms with van der Waals surface area (Å²) in [4.78, 5) is 19.6. The Morgan fingerprint density at radius 2 is 2.12 bits per heavy atom. The lowest BCUT2D eigenvalue weighted by atomic mass is 9.96. The van der Waals surface area contributed by atoms with Crippen molar-refractivity contribution in [3.8, 4) is 0 Å². The number of hydrogen-bond acceptors (Lipinski definition) is 6. The van der Waals surface area contributed by atoms with Gasteiger partial charge in [-0.05, 0) is 0 Å². The maximum Gasteiger partial charge on any atom is 0.316 e. The van der Waals surface area contributed by atoms with Crippen LogP contribution in [0.1, 0.15) is 26.6 Å². The summed E-state index contributed by atoms with van der Waals surface area (Å²) in [7, 11) is 1.36. The van der Waals surface area contributed by atoms with E-state index in [9.17, 15) is 4.79 Å². The molecule has 17 heavy (non-hydrogen) atoms. The molecule has 0 saturated carbocycles. The van der Waals surface area contributed by atoms with Crippen LogP contribution < -0.4 is 5.73 Å². The number of nitrogen functional groups attached to an aromatic ring is 1. The third-order valence-electron chi connectivity index (χ3n) is 1.96. The molecule has 0 amide bonds. The Kier molecular flexibility index (Phi) is 4.34. The fourth-order valence-corrected chi connectivity index (χ4v) is 1.78. The van der Waals surface area contributed by atoms with Gasteiger partial charge in [-0.2, -0.15) is 0 Å². The minimum Gasteiger partial charge on any atom is -0.468 e. The SMILES string of the molecule is COC(=O)CSc1cc(N)nc(C(C)(C)C)n1. The van der Waals surface area contributed by atoms with Crippen molar-refractivity contribution in [1.29, 1.82) is 0 Å². The molecule has 0 fully saturated rings. The summed E-state index contributed by atoms with van der Waals surface area (Å²) in [5.41, 5.74) is 5.54. The van der Waals surface area contributed by atoms with Crippen molar-refractivity contribution in [2.24, 2.45) is 0 Å². The Balaban J connectivity index is 2.87. The standard InChI is InChI=1S/C11H17N3O2S/c1-11(2,3)10-13-7(12)5-8(14-10)17-6-9(15)16-4/h5H,6H2,1-4H3,(H2,12,13,14). The zero-order valence-corrected chi connectivity index (χ0v) is 11.3. The number of nitrogens with two attached hydrogens (primary N) is 1. The highest BCUT2D eigenvalue weighted by molar-refractivity contribution is 7.99. The molecular weight excluding hydrogens is 238 g/mol. The molecule has 0 bridgehead atoms. The van der Waals surface area contributed by atoms with E-state index in [1.807, 2.05) is 20.8 Å². The van der Waals surface area contributed by atoms with Crippen LogP contribution in [0.15, 0.2) is 11.1 Å². The van der Waals surface area contributed by atoms with Crippen LogP contribution >= 0.6 is 11.8 Å². The second-order valence-corrected chi connectivity index (χ2v) is 5.57. The van der Waals surface area contributed by atoms with Crippen LogP contribution in [0.2, 0.25) is 0 Å². The van der Waals surface area contributed by atoms with E-state index in [-0.39, 0.29) is 17.1 Å². The summed E-state index contributed by atoms with van der Waals surface area (Å²) in [6.07, 6.45) is 0. The van der Waals surface area contributed by atoms with Crippen LogP contribution in [0.3, 0.4) is 0 Å².